The Balaban J connectivity index is 1.57. The molecule has 0 unspecified atom stereocenters. The average molecular weight is 331 g/mol. The van der Waals surface area contributed by atoms with Crippen molar-refractivity contribution in [3.05, 3.63) is 40.9 Å². The maximum atomic E-state index is 12.2. The first kappa shape index (κ1) is 15.5. The van der Waals surface area contributed by atoms with Crippen molar-refractivity contribution in [2.75, 3.05) is 20.2 Å². The smallest absolute Gasteiger partial charge is 0.278 e. The number of methoxy groups -OCH3 is 1. The summed E-state index contributed by atoms with van der Waals surface area (Å²) in [6, 6.07) is 3.94. The lowest BCUT2D eigenvalue weighted by atomic mass is 10.3. The SMILES string of the molecule is COc1nccnc1O[C@H]1CCN(C(=O)/C=C/c2cccs2)C1. The molecule has 1 aliphatic heterocycles. The molecule has 3 rings (SSSR count). The number of aromatic nitrogens is 2. The van der Waals surface area contributed by atoms with E-state index in [1.165, 1.54) is 7.11 Å². The molecule has 23 heavy (non-hydrogen) atoms. The van der Waals surface area contributed by atoms with E-state index in [1.807, 2.05) is 23.6 Å². The van der Waals surface area contributed by atoms with Gasteiger partial charge in [-0.25, -0.2) is 9.97 Å². The van der Waals surface area contributed by atoms with Crippen LogP contribution in [0.5, 0.6) is 11.8 Å². The Hall–Kier alpha value is -2.41. The highest BCUT2D eigenvalue weighted by Gasteiger charge is 2.27. The van der Waals surface area contributed by atoms with E-state index < -0.39 is 0 Å². The van der Waals surface area contributed by atoms with Gasteiger partial charge in [0.15, 0.2) is 0 Å². The van der Waals surface area contributed by atoms with Crippen LogP contribution in [0.3, 0.4) is 0 Å². The average Bonchev–Trinajstić information content (AvgIpc) is 3.25. The molecule has 0 aromatic carbocycles. The van der Waals surface area contributed by atoms with Crippen molar-refractivity contribution in [1.29, 1.82) is 0 Å². The van der Waals surface area contributed by atoms with Crippen molar-refractivity contribution < 1.29 is 14.3 Å². The first-order chi connectivity index (χ1) is 11.3. The summed E-state index contributed by atoms with van der Waals surface area (Å²) in [5.74, 6) is 0.717. The molecule has 120 valence electrons. The number of nitrogens with zero attached hydrogens (tertiary/aromatic N) is 3. The van der Waals surface area contributed by atoms with Gasteiger partial charge in [-0.3, -0.25) is 4.79 Å². The Morgan fingerprint density at radius 3 is 2.96 bits per heavy atom. The van der Waals surface area contributed by atoms with E-state index in [9.17, 15) is 4.79 Å². The molecule has 1 atom stereocenters. The van der Waals surface area contributed by atoms with Crippen LogP contribution in [0.25, 0.3) is 6.08 Å². The predicted octanol–water partition coefficient (Wildman–Crippen LogP) is 2.24. The number of hydrogen-bond donors (Lipinski definition) is 0. The van der Waals surface area contributed by atoms with Crippen molar-refractivity contribution in [2.24, 2.45) is 0 Å². The summed E-state index contributed by atoms with van der Waals surface area (Å²) in [6.45, 7) is 1.20. The van der Waals surface area contributed by atoms with Crippen LogP contribution in [0.15, 0.2) is 36.0 Å². The summed E-state index contributed by atoms with van der Waals surface area (Å²) in [4.78, 5) is 23.2. The molecular formula is C16H17N3O3S. The van der Waals surface area contributed by atoms with Gasteiger partial charge in [0.2, 0.25) is 5.91 Å². The van der Waals surface area contributed by atoms with Gasteiger partial charge in [0.05, 0.1) is 13.7 Å². The van der Waals surface area contributed by atoms with Crippen LogP contribution in [0, 0.1) is 0 Å². The lowest BCUT2D eigenvalue weighted by Gasteiger charge is -2.15. The molecule has 2 aromatic heterocycles. The Morgan fingerprint density at radius 2 is 2.22 bits per heavy atom. The molecule has 0 aliphatic carbocycles. The number of likely N-dealkylation sites (tertiary alicyclic amines) is 1. The second-order valence-corrected chi connectivity index (χ2v) is 6.01. The number of hydrogen-bond acceptors (Lipinski definition) is 6. The van der Waals surface area contributed by atoms with Crippen LogP contribution in [0.2, 0.25) is 0 Å². The maximum absolute atomic E-state index is 12.2. The second kappa shape index (κ2) is 7.23. The fourth-order valence-electron chi connectivity index (χ4n) is 2.36. The van der Waals surface area contributed by atoms with E-state index in [0.717, 1.165) is 11.3 Å². The van der Waals surface area contributed by atoms with E-state index >= 15 is 0 Å². The molecule has 0 bridgehead atoms. The molecule has 3 heterocycles. The zero-order valence-corrected chi connectivity index (χ0v) is 13.5. The highest BCUT2D eigenvalue weighted by molar-refractivity contribution is 7.10. The molecule has 1 amide bonds. The minimum atomic E-state index is -0.0975. The lowest BCUT2D eigenvalue weighted by Crippen LogP contribution is -2.29. The third-order valence-electron chi connectivity index (χ3n) is 3.49. The molecule has 1 fully saturated rings. The van der Waals surface area contributed by atoms with Crippen molar-refractivity contribution in [3.8, 4) is 11.8 Å². The summed E-state index contributed by atoms with van der Waals surface area (Å²) in [6.07, 6.45) is 7.22. The molecule has 0 N–H and O–H groups in total. The number of rotatable bonds is 5. The third kappa shape index (κ3) is 3.87. The first-order valence-corrected chi connectivity index (χ1v) is 8.16. The zero-order chi connectivity index (χ0) is 16.1. The van der Waals surface area contributed by atoms with Gasteiger partial charge in [-0.1, -0.05) is 6.07 Å². The maximum Gasteiger partial charge on any atom is 0.278 e. The van der Waals surface area contributed by atoms with E-state index in [-0.39, 0.29) is 12.0 Å². The van der Waals surface area contributed by atoms with Crippen LogP contribution in [0.1, 0.15) is 11.3 Å². The Kier molecular flexibility index (Phi) is 4.87. The highest BCUT2D eigenvalue weighted by atomic mass is 32.1. The van der Waals surface area contributed by atoms with Crippen molar-refractivity contribution in [3.63, 3.8) is 0 Å². The molecule has 1 aliphatic rings. The number of amides is 1. The molecule has 2 aromatic rings. The number of ether oxygens (including phenoxy) is 2. The van der Waals surface area contributed by atoms with Gasteiger partial charge in [0, 0.05) is 36.3 Å². The summed E-state index contributed by atoms with van der Waals surface area (Å²) in [5.41, 5.74) is 0. The largest absolute Gasteiger partial charge is 0.477 e. The summed E-state index contributed by atoms with van der Waals surface area (Å²) in [5, 5.41) is 1.98. The number of thiophene rings is 1. The Labute approximate surface area is 138 Å². The van der Waals surface area contributed by atoms with Crippen molar-refractivity contribution >= 4 is 23.3 Å². The molecule has 6 nitrogen and oxygen atoms in total. The first-order valence-electron chi connectivity index (χ1n) is 7.28. The molecule has 0 saturated carbocycles. The summed E-state index contributed by atoms with van der Waals surface area (Å²) >= 11 is 1.60. The number of carbonyl (C=O) groups is 1. The van der Waals surface area contributed by atoms with Crippen LogP contribution >= 0.6 is 11.3 Å². The fraction of sp³-hybridized carbons (Fsp3) is 0.312. The Morgan fingerprint density at radius 1 is 1.39 bits per heavy atom. The van der Waals surface area contributed by atoms with Gasteiger partial charge < -0.3 is 14.4 Å². The molecular weight excluding hydrogens is 314 g/mol. The molecule has 0 spiro atoms. The zero-order valence-electron chi connectivity index (χ0n) is 12.7. The van der Waals surface area contributed by atoms with Crippen LogP contribution in [-0.2, 0) is 4.79 Å². The van der Waals surface area contributed by atoms with Gasteiger partial charge in [-0.05, 0) is 17.5 Å². The van der Waals surface area contributed by atoms with Gasteiger partial charge in [-0.15, -0.1) is 11.3 Å². The normalized spacial score (nSPS) is 17.6. The van der Waals surface area contributed by atoms with Gasteiger partial charge in [0.25, 0.3) is 11.8 Å². The van der Waals surface area contributed by atoms with Gasteiger partial charge >= 0.3 is 0 Å². The van der Waals surface area contributed by atoms with Gasteiger partial charge in [-0.2, -0.15) is 0 Å². The van der Waals surface area contributed by atoms with E-state index in [0.29, 0.717) is 24.8 Å². The lowest BCUT2D eigenvalue weighted by molar-refractivity contribution is -0.125. The van der Waals surface area contributed by atoms with Crippen LogP contribution in [-0.4, -0.2) is 47.1 Å². The van der Waals surface area contributed by atoms with Crippen molar-refractivity contribution in [2.45, 2.75) is 12.5 Å². The standard InChI is InChI=1S/C16H17N3O3S/c1-21-15-16(18-8-7-17-15)22-12-6-9-19(11-12)14(20)5-4-13-3-2-10-23-13/h2-5,7-8,10,12H,6,9,11H2,1H3/b5-4+/t12-/m0/s1. The van der Waals surface area contributed by atoms with Crippen LogP contribution in [0.4, 0.5) is 0 Å². The summed E-state index contributed by atoms with van der Waals surface area (Å²) < 4.78 is 10.9. The minimum absolute atomic E-state index is 0.00406. The summed E-state index contributed by atoms with van der Waals surface area (Å²) in [7, 11) is 1.52. The van der Waals surface area contributed by atoms with E-state index in [4.69, 9.17) is 9.47 Å². The molecule has 0 radical (unpaired) electrons. The van der Waals surface area contributed by atoms with Gasteiger partial charge in [0.1, 0.15) is 6.10 Å². The monoisotopic (exact) mass is 331 g/mol. The Bertz CT molecular complexity index is 688. The number of carbonyl (C=O) groups excluding carboxylic acids is 1. The topological polar surface area (TPSA) is 64.6 Å². The quantitative estimate of drug-likeness (QED) is 0.786. The predicted molar refractivity (Wildman–Crippen MR) is 87.6 cm³/mol. The van der Waals surface area contributed by atoms with Crippen molar-refractivity contribution in [1.82, 2.24) is 14.9 Å². The highest BCUT2D eigenvalue weighted by Crippen LogP contribution is 2.24. The van der Waals surface area contributed by atoms with E-state index in [1.54, 1.807) is 34.7 Å². The van der Waals surface area contributed by atoms with E-state index in [2.05, 4.69) is 9.97 Å². The minimum Gasteiger partial charge on any atom is -0.477 e. The fourth-order valence-corrected chi connectivity index (χ4v) is 2.98. The van der Waals surface area contributed by atoms with Crippen LogP contribution < -0.4 is 9.47 Å². The molecule has 7 heteroatoms. The molecule has 1 saturated heterocycles. The second-order valence-electron chi connectivity index (χ2n) is 5.03. The third-order valence-corrected chi connectivity index (χ3v) is 4.33.